The van der Waals surface area contributed by atoms with Gasteiger partial charge in [0.15, 0.2) is 22.7 Å². The van der Waals surface area contributed by atoms with Crippen LogP contribution in [0.25, 0.3) is 0 Å². The monoisotopic (exact) mass is 517 g/mol. The maximum absolute atomic E-state index is 14.1. The van der Waals surface area contributed by atoms with Crippen molar-refractivity contribution in [3.8, 4) is 11.5 Å². The SMILES string of the molecule is CCOC(=O)[C@@H]1Cc2cc(OC)c(OC)cc2[C@]23CCC4(C[C@@]2(C(=O)OCC)C(=O)C(=O)N13)OCCO4. The summed E-state index contributed by atoms with van der Waals surface area (Å²) >= 11 is 0. The van der Waals surface area contributed by atoms with Crippen molar-refractivity contribution in [2.45, 2.75) is 56.9 Å². The largest absolute Gasteiger partial charge is 0.493 e. The molecular weight excluding hydrogens is 486 g/mol. The van der Waals surface area contributed by atoms with Crippen LogP contribution in [0.1, 0.15) is 44.2 Å². The molecule has 3 heterocycles. The molecule has 5 rings (SSSR count). The number of amides is 1. The molecule has 1 aromatic rings. The number of hydrogen-bond acceptors (Lipinski definition) is 10. The molecule has 2 spiro atoms. The second kappa shape index (κ2) is 8.98. The number of Topliss-reactive ketones (excluding diaryl/α,β-unsaturated/α-hetero) is 1. The smallest absolute Gasteiger partial charge is 0.329 e. The van der Waals surface area contributed by atoms with E-state index in [2.05, 4.69) is 0 Å². The number of methoxy groups -OCH3 is 2. The Morgan fingerprint density at radius 2 is 1.65 bits per heavy atom. The summed E-state index contributed by atoms with van der Waals surface area (Å²) in [6.07, 6.45) is 0.256. The third-order valence-corrected chi connectivity index (χ3v) is 8.10. The maximum Gasteiger partial charge on any atom is 0.329 e. The van der Waals surface area contributed by atoms with Crippen LogP contribution < -0.4 is 9.47 Å². The number of ether oxygens (including phenoxy) is 6. The topological polar surface area (TPSA) is 127 Å². The molecule has 1 aliphatic carbocycles. The molecule has 0 aromatic heterocycles. The summed E-state index contributed by atoms with van der Waals surface area (Å²) in [6.45, 7) is 3.97. The van der Waals surface area contributed by atoms with Crippen LogP contribution in [0.2, 0.25) is 0 Å². The standard InChI is InChI=1S/C26H31NO10/c1-5-34-22(30)17-11-15-12-18(32-3)19(33-4)13-16(15)26-8-7-24(36-9-10-37-24)14-25(26,23(31)35-6-2)20(28)21(29)27(17)26/h12-13,17H,5-11,14H2,1-4H3/t17-,25-,26+/m0/s1. The molecule has 0 unspecified atom stereocenters. The summed E-state index contributed by atoms with van der Waals surface area (Å²) in [6, 6.07) is 2.29. The molecule has 0 bridgehead atoms. The van der Waals surface area contributed by atoms with Crippen molar-refractivity contribution in [3.05, 3.63) is 23.3 Å². The normalized spacial score (nSPS) is 29.4. The van der Waals surface area contributed by atoms with Crippen molar-refractivity contribution in [3.63, 3.8) is 0 Å². The Kier molecular flexibility index (Phi) is 6.18. The van der Waals surface area contributed by atoms with Crippen molar-refractivity contribution in [1.29, 1.82) is 0 Å². The van der Waals surface area contributed by atoms with Gasteiger partial charge in [-0.05, 0) is 43.5 Å². The van der Waals surface area contributed by atoms with Crippen LogP contribution in [-0.2, 0) is 50.1 Å². The highest BCUT2D eigenvalue weighted by atomic mass is 16.7. The fraction of sp³-hybridized carbons (Fsp3) is 0.615. The molecule has 4 aliphatic rings. The molecule has 1 aromatic carbocycles. The van der Waals surface area contributed by atoms with Gasteiger partial charge in [0.25, 0.3) is 5.91 Å². The zero-order valence-electron chi connectivity index (χ0n) is 21.4. The Morgan fingerprint density at radius 1 is 1.00 bits per heavy atom. The van der Waals surface area contributed by atoms with Gasteiger partial charge in [-0.1, -0.05) is 0 Å². The summed E-state index contributed by atoms with van der Waals surface area (Å²) in [7, 11) is 2.97. The van der Waals surface area contributed by atoms with E-state index in [0.29, 0.717) is 35.8 Å². The van der Waals surface area contributed by atoms with Gasteiger partial charge >= 0.3 is 11.9 Å². The van der Waals surface area contributed by atoms with Crippen molar-refractivity contribution in [2.75, 3.05) is 40.6 Å². The molecule has 2 saturated heterocycles. The van der Waals surface area contributed by atoms with E-state index >= 15 is 0 Å². The molecule has 3 atom stereocenters. The minimum Gasteiger partial charge on any atom is -0.493 e. The number of esters is 2. The van der Waals surface area contributed by atoms with Gasteiger partial charge in [0.1, 0.15) is 6.04 Å². The molecule has 200 valence electrons. The van der Waals surface area contributed by atoms with Gasteiger partial charge in [-0.3, -0.25) is 14.4 Å². The summed E-state index contributed by atoms with van der Waals surface area (Å²) in [5.74, 6) is -3.82. The summed E-state index contributed by atoms with van der Waals surface area (Å²) in [5.41, 5.74) is -2.38. The first-order valence-electron chi connectivity index (χ1n) is 12.5. The van der Waals surface area contributed by atoms with Crippen LogP contribution in [-0.4, -0.2) is 81.0 Å². The number of fused-ring (bicyclic) bond motifs is 1. The molecule has 1 saturated carbocycles. The number of carbonyl (C=O) groups excluding carboxylic acids is 4. The maximum atomic E-state index is 14.1. The lowest BCUT2D eigenvalue weighted by molar-refractivity contribution is -0.233. The molecule has 3 fully saturated rings. The second-order valence-electron chi connectivity index (χ2n) is 9.61. The highest BCUT2D eigenvalue weighted by Crippen LogP contribution is 2.66. The molecule has 1 amide bonds. The van der Waals surface area contributed by atoms with E-state index in [9.17, 15) is 19.2 Å². The minimum atomic E-state index is -2.01. The van der Waals surface area contributed by atoms with E-state index in [-0.39, 0.29) is 38.9 Å². The first-order chi connectivity index (χ1) is 17.7. The van der Waals surface area contributed by atoms with Gasteiger partial charge in [-0.2, -0.15) is 0 Å². The second-order valence-corrected chi connectivity index (χ2v) is 9.61. The Bertz CT molecular complexity index is 1160. The van der Waals surface area contributed by atoms with E-state index < -0.39 is 46.4 Å². The van der Waals surface area contributed by atoms with Crippen LogP contribution >= 0.6 is 0 Å². The Hall–Kier alpha value is -3.18. The summed E-state index contributed by atoms with van der Waals surface area (Å²) in [4.78, 5) is 56.4. The van der Waals surface area contributed by atoms with Gasteiger partial charge in [0, 0.05) is 19.3 Å². The highest BCUT2D eigenvalue weighted by molar-refractivity contribution is 6.45. The predicted molar refractivity (Wildman–Crippen MR) is 125 cm³/mol. The fourth-order valence-corrected chi connectivity index (χ4v) is 6.72. The molecular formula is C26H31NO10. The number of rotatable bonds is 6. The first-order valence-corrected chi connectivity index (χ1v) is 12.5. The number of carbonyl (C=O) groups is 4. The van der Waals surface area contributed by atoms with Gasteiger partial charge in [0.05, 0.1) is 46.2 Å². The average molecular weight is 518 g/mol. The van der Waals surface area contributed by atoms with Crippen LogP contribution in [0.3, 0.4) is 0 Å². The highest BCUT2D eigenvalue weighted by Gasteiger charge is 2.80. The zero-order chi connectivity index (χ0) is 26.6. The first kappa shape index (κ1) is 25.5. The van der Waals surface area contributed by atoms with Crippen molar-refractivity contribution in [1.82, 2.24) is 4.90 Å². The molecule has 11 nitrogen and oxygen atoms in total. The van der Waals surface area contributed by atoms with Crippen LogP contribution in [0.15, 0.2) is 12.1 Å². The van der Waals surface area contributed by atoms with Gasteiger partial charge in [0.2, 0.25) is 5.78 Å². The van der Waals surface area contributed by atoms with Crippen LogP contribution in [0.5, 0.6) is 11.5 Å². The van der Waals surface area contributed by atoms with E-state index in [1.54, 1.807) is 26.0 Å². The molecule has 37 heavy (non-hydrogen) atoms. The Morgan fingerprint density at radius 3 is 2.27 bits per heavy atom. The van der Waals surface area contributed by atoms with Crippen molar-refractivity contribution < 1.29 is 47.6 Å². The van der Waals surface area contributed by atoms with Crippen LogP contribution in [0, 0.1) is 5.41 Å². The minimum absolute atomic E-state index is 0.00700. The molecule has 0 N–H and O–H groups in total. The van der Waals surface area contributed by atoms with Gasteiger partial charge in [-0.15, -0.1) is 0 Å². The zero-order valence-corrected chi connectivity index (χ0v) is 21.4. The number of hydrogen-bond donors (Lipinski definition) is 0. The summed E-state index contributed by atoms with van der Waals surface area (Å²) < 4.78 is 33.8. The van der Waals surface area contributed by atoms with Gasteiger partial charge < -0.3 is 33.3 Å². The lowest BCUT2D eigenvalue weighted by Crippen LogP contribution is -2.67. The molecule has 11 heteroatoms. The number of benzene rings is 1. The van der Waals surface area contributed by atoms with E-state index in [1.807, 2.05) is 0 Å². The van der Waals surface area contributed by atoms with Crippen molar-refractivity contribution in [2.24, 2.45) is 5.41 Å². The summed E-state index contributed by atoms with van der Waals surface area (Å²) in [5, 5.41) is 0. The lowest BCUT2D eigenvalue weighted by Gasteiger charge is -2.56. The predicted octanol–water partition coefficient (Wildman–Crippen LogP) is 1.27. The quantitative estimate of drug-likeness (QED) is 0.309. The lowest BCUT2D eigenvalue weighted by atomic mass is 9.54. The van der Waals surface area contributed by atoms with E-state index in [4.69, 9.17) is 28.4 Å². The fourth-order valence-electron chi connectivity index (χ4n) is 6.72. The van der Waals surface area contributed by atoms with E-state index in [0.717, 1.165) is 0 Å². The van der Waals surface area contributed by atoms with Gasteiger partial charge in [-0.25, -0.2) is 4.79 Å². The molecule has 0 radical (unpaired) electrons. The molecule has 3 aliphatic heterocycles. The van der Waals surface area contributed by atoms with E-state index in [1.165, 1.54) is 19.1 Å². The number of nitrogens with zero attached hydrogens (tertiary/aromatic N) is 1. The third-order valence-electron chi connectivity index (χ3n) is 8.10. The van der Waals surface area contributed by atoms with Crippen molar-refractivity contribution >= 4 is 23.6 Å². The Balaban J connectivity index is 1.83. The number of ketones is 1. The average Bonchev–Trinajstić information content (AvgIpc) is 3.43. The Labute approximate surface area is 214 Å². The van der Waals surface area contributed by atoms with Crippen LogP contribution in [0.4, 0.5) is 0 Å². The third kappa shape index (κ3) is 3.26.